The van der Waals surface area contributed by atoms with Gasteiger partial charge in [0.05, 0.1) is 13.2 Å². The van der Waals surface area contributed by atoms with Crippen molar-refractivity contribution in [3.63, 3.8) is 0 Å². The standard InChI is InChI=1S/C18H29BrN2O2/c1-4-21-9-7-8-15(21)13-20-12-14-10-17(22-5-2)18(23-6-3)11-16(14)19/h10-11,15,20H,4-9,12-13H2,1-3H3. The molecule has 0 radical (unpaired) electrons. The Hall–Kier alpha value is -0.780. The van der Waals surface area contributed by atoms with Crippen molar-refractivity contribution in [3.8, 4) is 11.5 Å². The number of hydrogen-bond donors (Lipinski definition) is 1. The van der Waals surface area contributed by atoms with Crippen LogP contribution in [0.1, 0.15) is 39.2 Å². The van der Waals surface area contributed by atoms with E-state index in [0.717, 1.165) is 35.6 Å². The number of nitrogens with one attached hydrogen (secondary N) is 1. The lowest BCUT2D eigenvalue weighted by molar-refractivity contribution is 0.259. The lowest BCUT2D eigenvalue weighted by Crippen LogP contribution is -2.37. The van der Waals surface area contributed by atoms with Gasteiger partial charge in [-0.05, 0) is 57.5 Å². The van der Waals surface area contributed by atoms with E-state index in [1.54, 1.807) is 0 Å². The molecule has 1 fully saturated rings. The van der Waals surface area contributed by atoms with E-state index >= 15 is 0 Å². The number of likely N-dealkylation sites (N-methyl/N-ethyl adjacent to an activating group) is 1. The number of rotatable bonds is 9. The third-order valence-corrected chi connectivity index (χ3v) is 5.05. The van der Waals surface area contributed by atoms with E-state index in [-0.39, 0.29) is 0 Å². The van der Waals surface area contributed by atoms with E-state index in [9.17, 15) is 0 Å². The van der Waals surface area contributed by atoms with Crippen molar-refractivity contribution in [1.29, 1.82) is 0 Å². The molecule has 1 unspecified atom stereocenters. The van der Waals surface area contributed by atoms with Gasteiger partial charge in [0.25, 0.3) is 0 Å². The summed E-state index contributed by atoms with van der Waals surface area (Å²) >= 11 is 3.66. The van der Waals surface area contributed by atoms with Crippen LogP contribution in [0.5, 0.6) is 11.5 Å². The van der Waals surface area contributed by atoms with Gasteiger partial charge >= 0.3 is 0 Å². The quantitative estimate of drug-likeness (QED) is 0.701. The summed E-state index contributed by atoms with van der Waals surface area (Å²) < 4.78 is 12.4. The Morgan fingerprint density at radius 3 is 2.52 bits per heavy atom. The Kier molecular flexibility index (Phi) is 7.66. The monoisotopic (exact) mass is 384 g/mol. The van der Waals surface area contributed by atoms with Crippen molar-refractivity contribution < 1.29 is 9.47 Å². The van der Waals surface area contributed by atoms with Gasteiger partial charge in [-0.2, -0.15) is 0 Å². The molecule has 2 rings (SSSR count). The minimum atomic E-state index is 0.638. The molecule has 0 saturated carbocycles. The second kappa shape index (κ2) is 9.50. The van der Waals surface area contributed by atoms with Crippen LogP contribution < -0.4 is 14.8 Å². The molecular formula is C18H29BrN2O2. The van der Waals surface area contributed by atoms with E-state index in [2.05, 4.69) is 39.1 Å². The van der Waals surface area contributed by atoms with Crippen LogP contribution in [0.3, 0.4) is 0 Å². The molecule has 0 aromatic heterocycles. The van der Waals surface area contributed by atoms with Gasteiger partial charge in [0, 0.05) is 23.6 Å². The number of benzene rings is 1. The molecular weight excluding hydrogens is 356 g/mol. The predicted molar refractivity (Wildman–Crippen MR) is 98.5 cm³/mol. The van der Waals surface area contributed by atoms with Crippen molar-refractivity contribution in [1.82, 2.24) is 10.2 Å². The summed E-state index contributed by atoms with van der Waals surface area (Å²) in [5.74, 6) is 1.63. The first-order chi connectivity index (χ1) is 11.2. The van der Waals surface area contributed by atoms with Gasteiger partial charge in [-0.1, -0.05) is 22.9 Å². The number of nitrogens with zero attached hydrogens (tertiary/aromatic N) is 1. The number of hydrogen-bond acceptors (Lipinski definition) is 4. The molecule has 1 heterocycles. The summed E-state index contributed by atoms with van der Waals surface area (Å²) in [5.41, 5.74) is 1.21. The first kappa shape index (κ1) is 18.6. The van der Waals surface area contributed by atoms with E-state index in [1.165, 1.54) is 24.9 Å². The molecule has 0 spiro atoms. The maximum absolute atomic E-state index is 5.72. The minimum Gasteiger partial charge on any atom is -0.490 e. The minimum absolute atomic E-state index is 0.638. The molecule has 0 bridgehead atoms. The Morgan fingerprint density at radius 2 is 1.87 bits per heavy atom. The van der Waals surface area contributed by atoms with Crippen LogP contribution in [0.15, 0.2) is 16.6 Å². The first-order valence-corrected chi connectivity index (χ1v) is 9.51. The van der Waals surface area contributed by atoms with Crippen LogP contribution in [0.2, 0.25) is 0 Å². The zero-order valence-corrected chi connectivity index (χ0v) is 16.1. The highest BCUT2D eigenvalue weighted by Gasteiger charge is 2.22. The second-order valence-electron chi connectivity index (χ2n) is 5.81. The fourth-order valence-electron chi connectivity index (χ4n) is 3.17. The van der Waals surface area contributed by atoms with E-state index in [1.807, 2.05) is 19.9 Å². The Bertz CT molecular complexity index is 496. The fourth-order valence-corrected chi connectivity index (χ4v) is 3.63. The summed E-state index contributed by atoms with van der Waals surface area (Å²) in [4.78, 5) is 2.56. The Balaban J connectivity index is 1.97. The largest absolute Gasteiger partial charge is 0.490 e. The highest BCUT2D eigenvalue weighted by atomic mass is 79.9. The van der Waals surface area contributed by atoms with Gasteiger partial charge < -0.3 is 14.8 Å². The molecule has 1 aliphatic heterocycles. The SMILES string of the molecule is CCOc1cc(Br)c(CNCC2CCCN2CC)cc1OCC. The number of halogens is 1. The molecule has 130 valence electrons. The highest BCUT2D eigenvalue weighted by Crippen LogP contribution is 2.34. The summed E-state index contributed by atoms with van der Waals surface area (Å²) in [6.07, 6.45) is 2.62. The molecule has 1 aromatic carbocycles. The normalized spacial score (nSPS) is 18.3. The fraction of sp³-hybridized carbons (Fsp3) is 0.667. The molecule has 0 amide bonds. The molecule has 5 heteroatoms. The van der Waals surface area contributed by atoms with Crippen molar-refractivity contribution in [2.45, 2.75) is 46.2 Å². The first-order valence-electron chi connectivity index (χ1n) is 8.72. The highest BCUT2D eigenvalue weighted by molar-refractivity contribution is 9.10. The Morgan fingerprint density at radius 1 is 1.17 bits per heavy atom. The van der Waals surface area contributed by atoms with Gasteiger partial charge in [0.1, 0.15) is 0 Å². The zero-order chi connectivity index (χ0) is 16.7. The van der Waals surface area contributed by atoms with Crippen molar-refractivity contribution in [3.05, 3.63) is 22.2 Å². The van der Waals surface area contributed by atoms with Crippen LogP contribution >= 0.6 is 15.9 Å². The van der Waals surface area contributed by atoms with Gasteiger partial charge in [0.2, 0.25) is 0 Å². The summed E-state index contributed by atoms with van der Waals surface area (Å²) in [5, 5.41) is 3.60. The molecule has 0 aliphatic carbocycles. The average molecular weight is 385 g/mol. The summed E-state index contributed by atoms with van der Waals surface area (Å²) in [6, 6.07) is 4.77. The van der Waals surface area contributed by atoms with Crippen LogP contribution in [-0.2, 0) is 6.54 Å². The maximum atomic E-state index is 5.72. The van der Waals surface area contributed by atoms with Crippen LogP contribution in [-0.4, -0.2) is 43.8 Å². The zero-order valence-electron chi connectivity index (χ0n) is 14.5. The van der Waals surface area contributed by atoms with Gasteiger partial charge in [-0.3, -0.25) is 4.90 Å². The van der Waals surface area contributed by atoms with E-state index < -0.39 is 0 Å². The molecule has 23 heavy (non-hydrogen) atoms. The van der Waals surface area contributed by atoms with Crippen molar-refractivity contribution in [2.24, 2.45) is 0 Å². The second-order valence-corrected chi connectivity index (χ2v) is 6.67. The third kappa shape index (κ3) is 5.10. The molecule has 1 N–H and O–H groups in total. The number of likely N-dealkylation sites (tertiary alicyclic amines) is 1. The average Bonchev–Trinajstić information content (AvgIpc) is 2.99. The lowest BCUT2D eigenvalue weighted by Gasteiger charge is -2.23. The van der Waals surface area contributed by atoms with Gasteiger partial charge in [0.15, 0.2) is 11.5 Å². The van der Waals surface area contributed by atoms with Crippen molar-refractivity contribution in [2.75, 3.05) is 32.8 Å². The molecule has 1 atom stereocenters. The smallest absolute Gasteiger partial charge is 0.162 e. The Labute approximate surface area is 148 Å². The molecule has 1 aliphatic rings. The van der Waals surface area contributed by atoms with E-state index in [4.69, 9.17) is 9.47 Å². The van der Waals surface area contributed by atoms with Crippen molar-refractivity contribution >= 4 is 15.9 Å². The molecule has 4 nitrogen and oxygen atoms in total. The van der Waals surface area contributed by atoms with Crippen LogP contribution in [0.4, 0.5) is 0 Å². The van der Waals surface area contributed by atoms with Gasteiger partial charge in [-0.25, -0.2) is 0 Å². The summed E-state index contributed by atoms with van der Waals surface area (Å²) in [7, 11) is 0. The lowest BCUT2D eigenvalue weighted by atomic mass is 10.1. The van der Waals surface area contributed by atoms with Crippen LogP contribution in [0, 0.1) is 0 Å². The van der Waals surface area contributed by atoms with Crippen LogP contribution in [0.25, 0.3) is 0 Å². The number of ether oxygens (including phenoxy) is 2. The topological polar surface area (TPSA) is 33.7 Å². The van der Waals surface area contributed by atoms with E-state index in [0.29, 0.717) is 19.3 Å². The molecule has 1 aromatic rings. The summed E-state index contributed by atoms with van der Waals surface area (Å²) in [6.45, 7) is 11.8. The van der Waals surface area contributed by atoms with Gasteiger partial charge in [-0.15, -0.1) is 0 Å². The third-order valence-electron chi connectivity index (χ3n) is 4.31. The predicted octanol–water partition coefficient (Wildman–Crippen LogP) is 3.82. The molecule has 1 saturated heterocycles. The maximum Gasteiger partial charge on any atom is 0.162 e.